The van der Waals surface area contributed by atoms with Crippen molar-refractivity contribution < 1.29 is 18.4 Å². The molecular formula is C19H15F2N5O2. The zero-order valence-electron chi connectivity index (χ0n) is 14.8. The van der Waals surface area contributed by atoms with Crippen LogP contribution in [-0.2, 0) is 0 Å². The highest BCUT2D eigenvalue weighted by Gasteiger charge is 2.17. The molecule has 0 aliphatic rings. The molecule has 0 atom stereocenters. The van der Waals surface area contributed by atoms with Gasteiger partial charge in [0.1, 0.15) is 28.6 Å². The Bertz CT molecular complexity index is 975. The van der Waals surface area contributed by atoms with Gasteiger partial charge in [-0.15, -0.1) is 0 Å². The van der Waals surface area contributed by atoms with E-state index in [-0.39, 0.29) is 5.82 Å². The number of carbonyl (C=O) groups excluding carboxylic acids is 1. The summed E-state index contributed by atoms with van der Waals surface area (Å²) in [5.74, 6) is -2.52. The highest BCUT2D eigenvalue weighted by atomic mass is 19.1. The lowest BCUT2D eigenvalue weighted by Crippen LogP contribution is -2.17. The molecule has 2 heterocycles. The van der Waals surface area contributed by atoms with Gasteiger partial charge in [0.05, 0.1) is 12.4 Å². The van der Waals surface area contributed by atoms with Crippen LogP contribution >= 0.6 is 0 Å². The molecule has 2 aromatic heterocycles. The summed E-state index contributed by atoms with van der Waals surface area (Å²) in [6.07, 6.45) is 4.72. The van der Waals surface area contributed by atoms with E-state index in [4.69, 9.17) is 4.84 Å². The Morgan fingerprint density at radius 3 is 2.46 bits per heavy atom. The Hall–Kier alpha value is -3.75. The topological polar surface area (TPSA) is 89.4 Å². The molecule has 9 heteroatoms. The second-order valence-electron chi connectivity index (χ2n) is 5.49. The predicted octanol–water partition coefficient (Wildman–Crippen LogP) is 3.60. The number of rotatable bonds is 6. The average molecular weight is 383 g/mol. The number of oxime groups is 1. The molecule has 142 valence electrons. The van der Waals surface area contributed by atoms with Crippen LogP contribution in [0.25, 0.3) is 0 Å². The van der Waals surface area contributed by atoms with Crippen LogP contribution in [0.4, 0.5) is 14.6 Å². The summed E-state index contributed by atoms with van der Waals surface area (Å²) in [7, 11) is 0. The minimum atomic E-state index is -0.964. The van der Waals surface area contributed by atoms with Crippen molar-refractivity contribution in [3.63, 3.8) is 0 Å². The Morgan fingerprint density at radius 1 is 1.07 bits per heavy atom. The van der Waals surface area contributed by atoms with Crippen molar-refractivity contribution in [2.24, 2.45) is 5.16 Å². The molecule has 1 amide bonds. The van der Waals surface area contributed by atoms with Gasteiger partial charge in [-0.1, -0.05) is 24.2 Å². The Labute approximate surface area is 159 Å². The van der Waals surface area contributed by atoms with E-state index in [9.17, 15) is 13.6 Å². The number of hydrogen-bond donors (Lipinski definition) is 1. The predicted molar refractivity (Wildman–Crippen MR) is 98.0 cm³/mol. The quantitative estimate of drug-likeness (QED) is 0.519. The fraction of sp³-hybridized carbons (Fsp3) is 0.105. The van der Waals surface area contributed by atoms with E-state index in [1.54, 1.807) is 24.4 Å². The van der Waals surface area contributed by atoms with Crippen molar-refractivity contribution in [2.75, 3.05) is 5.32 Å². The maximum absolute atomic E-state index is 13.7. The lowest BCUT2D eigenvalue weighted by molar-refractivity contribution is 0.101. The maximum atomic E-state index is 13.7. The average Bonchev–Trinajstić information content (AvgIpc) is 2.70. The summed E-state index contributed by atoms with van der Waals surface area (Å²) < 4.78 is 27.3. The highest BCUT2D eigenvalue weighted by Crippen LogP contribution is 2.14. The molecule has 3 rings (SSSR count). The number of halogens is 2. The third-order valence-electron chi connectivity index (χ3n) is 3.60. The van der Waals surface area contributed by atoms with E-state index in [0.29, 0.717) is 23.7 Å². The largest absolute Gasteiger partial charge is 0.336 e. The van der Waals surface area contributed by atoms with Gasteiger partial charge in [-0.25, -0.2) is 23.7 Å². The minimum absolute atomic E-state index is 0.0394. The molecule has 1 N–H and O–H groups in total. The number of pyridine rings is 1. The van der Waals surface area contributed by atoms with Crippen LogP contribution in [-0.4, -0.2) is 26.6 Å². The van der Waals surface area contributed by atoms with E-state index in [1.165, 1.54) is 18.5 Å². The fourth-order valence-electron chi connectivity index (χ4n) is 2.23. The first kappa shape index (κ1) is 19.0. The van der Waals surface area contributed by atoms with Gasteiger partial charge in [0, 0.05) is 12.3 Å². The smallest absolute Gasteiger partial charge is 0.262 e. The molecular weight excluding hydrogens is 368 g/mol. The molecule has 3 aromatic rings. The van der Waals surface area contributed by atoms with Crippen molar-refractivity contribution >= 4 is 17.4 Å². The summed E-state index contributed by atoms with van der Waals surface area (Å²) in [5, 5.41) is 6.32. The minimum Gasteiger partial charge on any atom is -0.336 e. The van der Waals surface area contributed by atoms with Crippen LogP contribution in [0.15, 0.2) is 60.1 Å². The first-order chi connectivity index (χ1) is 13.6. The summed E-state index contributed by atoms with van der Waals surface area (Å²) in [4.78, 5) is 29.5. The van der Waals surface area contributed by atoms with E-state index in [0.717, 1.165) is 12.1 Å². The van der Waals surface area contributed by atoms with Crippen LogP contribution in [0.3, 0.4) is 0 Å². The van der Waals surface area contributed by atoms with Crippen molar-refractivity contribution in [1.29, 1.82) is 0 Å². The highest BCUT2D eigenvalue weighted by molar-refractivity contribution is 6.04. The Kier molecular flexibility index (Phi) is 5.95. The molecule has 0 aliphatic heterocycles. The van der Waals surface area contributed by atoms with Crippen molar-refractivity contribution in [2.45, 2.75) is 13.3 Å². The maximum Gasteiger partial charge on any atom is 0.262 e. The molecule has 7 nitrogen and oxygen atoms in total. The number of anilines is 1. The third kappa shape index (κ3) is 4.50. The number of carbonyl (C=O) groups is 1. The summed E-state index contributed by atoms with van der Waals surface area (Å²) in [5.41, 5.74) is 0.248. The van der Waals surface area contributed by atoms with E-state index >= 15 is 0 Å². The lowest BCUT2D eigenvalue weighted by atomic mass is 10.2. The second-order valence-corrected chi connectivity index (χ2v) is 5.49. The normalized spacial score (nSPS) is 11.2. The Balaban J connectivity index is 1.72. The van der Waals surface area contributed by atoms with Crippen molar-refractivity contribution in [1.82, 2.24) is 15.0 Å². The van der Waals surface area contributed by atoms with Crippen LogP contribution in [0.2, 0.25) is 0 Å². The fourth-order valence-corrected chi connectivity index (χ4v) is 2.23. The van der Waals surface area contributed by atoms with Gasteiger partial charge in [-0.05, 0) is 24.6 Å². The molecule has 0 unspecified atom stereocenters. The first-order valence-corrected chi connectivity index (χ1v) is 8.31. The standard InChI is InChI=1S/C19H15F2N5O2/c1-2-14(26-28-17-8-3-4-9-22-17)15-10-24-16(11-23-15)25-19(27)18-12(20)6-5-7-13(18)21/h3-11H,2H2,1H3,(H,24,25,27)/b26-14+. The first-order valence-electron chi connectivity index (χ1n) is 8.31. The van der Waals surface area contributed by atoms with E-state index < -0.39 is 23.1 Å². The van der Waals surface area contributed by atoms with Gasteiger partial charge < -0.3 is 10.2 Å². The molecule has 0 saturated heterocycles. The van der Waals surface area contributed by atoms with Gasteiger partial charge in [-0.3, -0.25) is 4.79 Å². The number of nitrogens with zero attached hydrogens (tertiary/aromatic N) is 4. The van der Waals surface area contributed by atoms with Gasteiger partial charge in [0.25, 0.3) is 5.91 Å². The third-order valence-corrected chi connectivity index (χ3v) is 3.60. The van der Waals surface area contributed by atoms with Gasteiger partial charge in [0.2, 0.25) is 5.88 Å². The number of aromatic nitrogens is 3. The SMILES string of the molecule is CC/C(=N\Oc1ccccn1)c1cnc(NC(=O)c2c(F)cccc2F)cn1. The molecule has 0 fully saturated rings. The van der Waals surface area contributed by atoms with Crippen molar-refractivity contribution in [3.8, 4) is 5.88 Å². The molecule has 28 heavy (non-hydrogen) atoms. The molecule has 1 aromatic carbocycles. The van der Waals surface area contributed by atoms with Crippen LogP contribution in [0.5, 0.6) is 5.88 Å². The summed E-state index contributed by atoms with van der Waals surface area (Å²) >= 11 is 0. The Morgan fingerprint density at radius 2 is 1.86 bits per heavy atom. The molecule has 0 spiro atoms. The van der Waals surface area contributed by atoms with Gasteiger partial charge in [-0.2, -0.15) is 0 Å². The molecule has 0 saturated carbocycles. The van der Waals surface area contributed by atoms with E-state index in [2.05, 4.69) is 25.4 Å². The number of hydrogen-bond acceptors (Lipinski definition) is 6. The summed E-state index contributed by atoms with van der Waals surface area (Å²) in [6.45, 7) is 1.86. The zero-order valence-corrected chi connectivity index (χ0v) is 14.8. The molecule has 0 aliphatic carbocycles. The number of benzene rings is 1. The number of amides is 1. The molecule has 0 radical (unpaired) electrons. The number of nitrogens with one attached hydrogen (secondary N) is 1. The lowest BCUT2D eigenvalue weighted by Gasteiger charge is -2.07. The zero-order chi connectivity index (χ0) is 19.9. The monoisotopic (exact) mass is 383 g/mol. The van der Waals surface area contributed by atoms with Gasteiger partial charge in [0.15, 0.2) is 5.82 Å². The van der Waals surface area contributed by atoms with Gasteiger partial charge >= 0.3 is 0 Å². The van der Waals surface area contributed by atoms with Crippen LogP contribution in [0.1, 0.15) is 29.4 Å². The van der Waals surface area contributed by atoms with Crippen LogP contribution in [0, 0.1) is 11.6 Å². The van der Waals surface area contributed by atoms with Crippen molar-refractivity contribution in [3.05, 3.63) is 77.9 Å². The summed E-state index contributed by atoms with van der Waals surface area (Å²) in [6, 6.07) is 8.34. The van der Waals surface area contributed by atoms with E-state index in [1.807, 2.05) is 6.92 Å². The second kappa shape index (κ2) is 8.76. The molecule has 0 bridgehead atoms. The van der Waals surface area contributed by atoms with Crippen LogP contribution < -0.4 is 10.2 Å².